The number of hydrazine groups is 1. The minimum absolute atomic E-state index is 0.282. The molecule has 0 aliphatic rings. The third-order valence-corrected chi connectivity index (χ3v) is 3.87. The molecule has 106 valence electrons. The Balaban J connectivity index is 2.36. The summed E-state index contributed by atoms with van der Waals surface area (Å²) in [6.45, 7) is 4.28. The molecule has 0 aromatic heterocycles. The van der Waals surface area contributed by atoms with Gasteiger partial charge < -0.3 is 0 Å². The minimum atomic E-state index is -0.357. The van der Waals surface area contributed by atoms with Crippen molar-refractivity contribution in [3.63, 3.8) is 0 Å². The lowest BCUT2D eigenvalue weighted by Gasteiger charge is -2.18. The quantitative estimate of drug-likeness (QED) is 0.646. The highest BCUT2D eigenvalue weighted by Gasteiger charge is 2.16. The van der Waals surface area contributed by atoms with Crippen molar-refractivity contribution in [3.05, 3.63) is 69.4 Å². The Morgan fingerprint density at radius 2 is 1.65 bits per heavy atom. The summed E-state index contributed by atoms with van der Waals surface area (Å²) in [6, 6.07) is 12.7. The molecule has 0 saturated carbocycles. The van der Waals surface area contributed by atoms with Crippen LogP contribution in [0.2, 0.25) is 0 Å². The molecule has 0 saturated heterocycles. The van der Waals surface area contributed by atoms with Crippen molar-refractivity contribution < 1.29 is 4.39 Å². The number of nitrogens with two attached hydrogens (primary N) is 1. The van der Waals surface area contributed by atoms with E-state index in [1.807, 2.05) is 18.2 Å². The third kappa shape index (κ3) is 3.26. The Bertz CT molecular complexity index is 582. The molecule has 0 aliphatic heterocycles. The Hall–Kier alpha value is -1.23. The molecule has 0 radical (unpaired) electrons. The Labute approximate surface area is 127 Å². The van der Waals surface area contributed by atoms with E-state index in [1.165, 1.54) is 11.6 Å². The molecule has 2 aromatic rings. The zero-order chi connectivity index (χ0) is 14.7. The monoisotopic (exact) mass is 336 g/mol. The lowest BCUT2D eigenvalue weighted by atomic mass is 9.95. The first-order chi connectivity index (χ1) is 9.52. The van der Waals surface area contributed by atoms with Gasteiger partial charge in [0.1, 0.15) is 5.82 Å². The molecule has 0 spiro atoms. The van der Waals surface area contributed by atoms with Crippen molar-refractivity contribution >= 4 is 15.9 Å². The first-order valence-corrected chi connectivity index (χ1v) is 7.33. The van der Waals surface area contributed by atoms with Gasteiger partial charge in [0.15, 0.2) is 0 Å². The fraction of sp³-hybridized carbons (Fsp3) is 0.250. The molecule has 0 aliphatic carbocycles. The summed E-state index contributed by atoms with van der Waals surface area (Å²) in [5.41, 5.74) is 5.42. The molecule has 4 heteroatoms. The van der Waals surface area contributed by atoms with E-state index in [1.54, 1.807) is 6.07 Å². The van der Waals surface area contributed by atoms with Crippen LogP contribution in [0.1, 0.15) is 42.5 Å². The van der Waals surface area contributed by atoms with Gasteiger partial charge in [-0.2, -0.15) is 0 Å². The molecule has 2 rings (SSSR count). The van der Waals surface area contributed by atoms with Crippen molar-refractivity contribution in [1.29, 1.82) is 0 Å². The van der Waals surface area contributed by atoms with E-state index in [0.29, 0.717) is 16.0 Å². The second-order valence-electron chi connectivity index (χ2n) is 5.09. The summed E-state index contributed by atoms with van der Waals surface area (Å²) in [6.07, 6.45) is 0. The maximum Gasteiger partial charge on any atom is 0.129 e. The fourth-order valence-electron chi connectivity index (χ4n) is 2.17. The molecule has 0 bridgehead atoms. The molecule has 1 atom stereocenters. The topological polar surface area (TPSA) is 38.0 Å². The number of nitrogens with one attached hydrogen (secondary N) is 1. The van der Waals surface area contributed by atoms with Gasteiger partial charge in [0.05, 0.1) is 6.04 Å². The fourth-order valence-corrected chi connectivity index (χ4v) is 2.51. The zero-order valence-electron chi connectivity index (χ0n) is 11.5. The lowest BCUT2D eigenvalue weighted by molar-refractivity contribution is 0.559. The maximum atomic E-state index is 14.1. The number of hydrogen-bond acceptors (Lipinski definition) is 2. The zero-order valence-corrected chi connectivity index (χ0v) is 13.1. The Morgan fingerprint density at radius 3 is 2.15 bits per heavy atom. The Morgan fingerprint density at radius 1 is 1.05 bits per heavy atom. The van der Waals surface area contributed by atoms with E-state index in [0.717, 1.165) is 5.56 Å². The van der Waals surface area contributed by atoms with Crippen molar-refractivity contribution in [2.75, 3.05) is 0 Å². The van der Waals surface area contributed by atoms with Crippen molar-refractivity contribution in [2.45, 2.75) is 25.8 Å². The third-order valence-electron chi connectivity index (χ3n) is 3.38. The number of halogens is 2. The largest absolute Gasteiger partial charge is 0.271 e. The van der Waals surface area contributed by atoms with Crippen LogP contribution in [0.15, 0.2) is 46.9 Å². The molecule has 20 heavy (non-hydrogen) atoms. The summed E-state index contributed by atoms with van der Waals surface area (Å²) in [5, 5.41) is 0. The average molecular weight is 337 g/mol. The van der Waals surface area contributed by atoms with Gasteiger partial charge in [0, 0.05) is 10.0 Å². The van der Waals surface area contributed by atoms with E-state index in [-0.39, 0.29) is 11.9 Å². The summed E-state index contributed by atoms with van der Waals surface area (Å²) in [5.74, 6) is 5.80. The van der Waals surface area contributed by atoms with Crippen molar-refractivity contribution in [2.24, 2.45) is 5.84 Å². The molecular weight excluding hydrogens is 319 g/mol. The number of hydrogen-bond donors (Lipinski definition) is 2. The SMILES string of the molecule is CC(C)c1ccc(C(NN)c2ccc(Br)cc2F)cc1. The van der Waals surface area contributed by atoms with Crippen LogP contribution in [0.25, 0.3) is 0 Å². The van der Waals surface area contributed by atoms with Crippen LogP contribution in [-0.4, -0.2) is 0 Å². The second kappa shape index (κ2) is 6.48. The summed E-state index contributed by atoms with van der Waals surface area (Å²) in [7, 11) is 0. The van der Waals surface area contributed by atoms with E-state index >= 15 is 0 Å². The highest BCUT2D eigenvalue weighted by Crippen LogP contribution is 2.27. The lowest BCUT2D eigenvalue weighted by Crippen LogP contribution is -2.29. The Kier molecular flexibility index (Phi) is 4.91. The molecule has 0 amide bonds. The standard InChI is InChI=1S/C16H18BrFN2/c1-10(2)11-3-5-12(6-4-11)16(20-19)14-8-7-13(17)9-15(14)18/h3-10,16,20H,19H2,1-2H3. The van der Waals surface area contributed by atoms with Gasteiger partial charge in [0.2, 0.25) is 0 Å². The first kappa shape index (κ1) is 15.2. The van der Waals surface area contributed by atoms with E-state index < -0.39 is 0 Å². The van der Waals surface area contributed by atoms with Crippen LogP contribution < -0.4 is 11.3 Å². The van der Waals surface area contributed by atoms with Crippen LogP contribution in [-0.2, 0) is 0 Å². The normalized spacial score (nSPS) is 12.7. The summed E-state index contributed by atoms with van der Waals surface area (Å²) in [4.78, 5) is 0. The highest BCUT2D eigenvalue weighted by atomic mass is 79.9. The van der Waals surface area contributed by atoms with Crippen LogP contribution >= 0.6 is 15.9 Å². The van der Waals surface area contributed by atoms with Crippen molar-refractivity contribution in [1.82, 2.24) is 5.43 Å². The van der Waals surface area contributed by atoms with E-state index in [9.17, 15) is 4.39 Å². The van der Waals surface area contributed by atoms with Gasteiger partial charge in [0.25, 0.3) is 0 Å². The number of benzene rings is 2. The molecule has 2 nitrogen and oxygen atoms in total. The average Bonchev–Trinajstić information content (AvgIpc) is 2.42. The second-order valence-corrected chi connectivity index (χ2v) is 6.00. The summed E-state index contributed by atoms with van der Waals surface area (Å²) < 4.78 is 14.8. The van der Waals surface area contributed by atoms with Gasteiger partial charge in [-0.3, -0.25) is 5.84 Å². The van der Waals surface area contributed by atoms with Crippen molar-refractivity contribution in [3.8, 4) is 0 Å². The molecule has 0 fully saturated rings. The molecular formula is C16H18BrFN2. The van der Waals surface area contributed by atoms with E-state index in [4.69, 9.17) is 5.84 Å². The van der Waals surface area contributed by atoms with Crippen LogP contribution in [0.4, 0.5) is 4.39 Å². The van der Waals surface area contributed by atoms with Gasteiger partial charge in [-0.05, 0) is 29.2 Å². The van der Waals surface area contributed by atoms with Gasteiger partial charge in [-0.15, -0.1) is 0 Å². The summed E-state index contributed by atoms with van der Waals surface area (Å²) >= 11 is 3.26. The highest BCUT2D eigenvalue weighted by molar-refractivity contribution is 9.10. The number of rotatable bonds is 4. The molecule has 2 aromatic carbocycles. The predicted molar refractivity (Wildman–Crippen MR) is 83.8 cm³/mol. The predicted octanol–water partition coefficient (Wildman–Crippen LogP) is 4.26. The minimum Gasteiger partial charge on any atom is -0.271 e. The van der Waals surface area contributed by atoms with Gasteiger partial charge in [-0.1, -0.05) is 60.1 Å². The van der Waals surface area contributed by atoms with Gasteiger partial charge >= 0.3 is 0 Å². The molecule has 1 unspecified atom stereocenters. The van der Waals surface area contributed by atoms with Crippen LogP contribution in [0.5, 0.6) is 0 Å². The first-order valence-electron chi connectivity index (χ1n) is 6.54. The molecule has 3 N–H and O–H groups in total. The smallest absolute Gasteiger partial charge is 0.129 e. The van der Waals surface area contributed by atoms with Crippen LogP contribution in [0.3, 0.4) is 0 Å². The maximum absolute atomic E-state index is 14.1. The molecule has 0 heterocycles. The van der Waals surface area contributed by atoms with E-state index in [2.05, 4.69) is 47.3 Å². The van der Waals surface area contributed by atoms with Gasteiger partial charge in [-0.25, -0.2) is 9.82 Å². The van der Waals surface area contributed by atoms with Crippen LogP contribution in [0, 0.1) is 5.82 Å².